The zero-order chi connectivity index (χ0) is 11.1. The Morgan fingerprint density at radius 2 is 0.857 bits per heavy atom. The fourth-order valence-corrected chi connectivity index (χ4v) is 22.5. The first-order chi connectivity index (χ1) is 6.54. The van der Waals surface area contributed by atoms with Crippen LogP contribution in [0.3, 0.4) is 0 Å². The third-order valence-corrected chi connectivity index (χ3v) is 23.6. The quantitative estimate of drug-likeness (QED) is 0.485. The molecule has 0 nitrogen and oxygen atoms in total. The molecule has 0 unspecified atom stereocenters. The van der Waals surface area contributed by atoms with Gasteiger partial charge in [0.05, 0.1) is 0 Å². The third-order valence-electron chi connectivity index (χ3n) is 3.13. The average molecular weight is 327 g/mol. The molecule has 0 aromatic heterocycles. The Bertz CT molecular complexity index is 121. The molecular weight excluding hydrogens is 299 g/mol. The van der Waals surface area contributed by atoms with Crippen LogP contribution in [0, 0.1) is 0 Å². The van der Waals surface area contributed by atoms with E-state index in [1.54, 1.807) is 0 Å². The van der Waals surface area contributed by atoms with E-state index in [4.69, 9.17) is 0 Å². The maximum absolute atomic E-state index is 4.31. The molecule has 0 aliphatic heterocycles. The van der Waals surface area contributed by atoms with Gasteiger partial charge in [0, 0.05) is 0 Å². The summed E-state index contributed by atoms with van der Waals surface area (Å²) in [5.74, 6) is 0. The van der Waals surface area contributed by atoms with Crippen LogP contribution < -0.4 is 0 Å². The Kier molecular flexibility index (Phi) is 7.07. The fourth-order valence-electron chi connectivity index (χ4n) is 2.91. The van der Waals surface area contributed by atoms with Crippen LogP contribution in [0.4, 0.5) is 0 Å². The van der Waals surface area contributed by atoms with Gasteiger partial charge in [0.2, 0.25) is 0 Å². The van der Waals surface area contributed by atoms with E-state index < -0.39 is 10.6 Å². The van der Waals surface area contributed by atoms with E-state index in [0.717, 1.165) is 0 Å². The Balaban J connectivity index is 4.69. The molecule has 0 N–H and O–H groups in total. The molecule has 0 aliphatic carbocycles. The number of rotatable bonds is 8. The van der Waals surface area contributed by atoms with Crippen LogP contribution in [0.1, 0.15) is 53.4 Å². The van der Waals surface area contributed by atoms with Crippen LogP contribution in [-0.4, -0.2) is 10.6 Å². The zero-order valence-corrected chi connectivity index (χ0v) is 13.9. The van der Waals surface area contributed by atoms with Crippen LogP contribution in [-0.2, 0) is 0 Å². The maximum atomic E-state index is 4.31. The summed E-state index contributed by atoms with van der Waals surface area (Å²) in [5.41, 5.74) is 0. The third kappa shape index (κ3) is 4.27. The topological polar surface area (TPSA) is 0 Å². The predicted octanol–water partition coefficient (Wildman–Crippen LogP) is 5.92. The molecule has 0 aromatic rings. The van der Waals surface area contributed by atoms with Crippen molar-refractivity contribution in [2.24, 2.45) is 0 Å². The van der Waals surface area contributed by atoms with Gasteiger partial charge in [-0.05, 0) is 0 Å². The van der Waals surface area contributed by atoms with E-state index in [-0.39, 0.29) is 0 Å². The molecule has 2 heteroatoms. The Morgan fingerprint density at radius 3 is 1.00 bits per heavy atom. The van der Waals surface area contributed by atoms with E-state index in [1.165, 1.54) is 46.5 Å². The van der Waals surface area contributed by atoms with Crippen molar-refractivity contribution in [2.75, 3.05) is 0 Å². The van der Waals surface area contributed by atoms with Gasteiger partial charge in [-0.2, -0.15) is 0 Å². The first-order valence-electron chi connectivity index (χ1n) is 6.26. The summed E-state index contributed by atoms with van der Waals surface area (Å²) in [7, 11) is -2.03. The molecular formula is C12H28AsBr. The van der Waals surface area contributed by atoms with Gasteiger partial charge in [0.1, 0.15) is 0 Å². The van der Waals surface area contributed by atoms with Crippen molar-refractivity contribution < 1.29 is 0 Å². The van der Waals surface area contributed by atoms with E-state index >= 15 is 0 Å². The van der Waals surface area contributed by atoms with Crippen LogP contribution >= 0.6 is 13.9 Å². The van der Waals surface area contributed by atoms with Crippen LogP contribution in [0.2, 0.25) is 20.8 Å². The van der Waals surface area contributed by atoms with Crippen LogP contribution in [0.5, 0.6) is 0 Å². The van der Waals surface area contributed by atoms with Crippen molar-refractivity contribution in [3.63, 3.8) is 0 Å². The molecule has 0 bridgehead atoms. The minimum atomic E-state index is -2.03. The molecule has 0 saturated heterocycles. The molecule has 14 heavy (non-hydrogen) atoms. The van der Waals surface area contributed by atoms with E-state index in [1.807, 2.05) is 0 Å². The van der Waals surface area contributed by atoms with Crippen molar-refractivity contribution in [3.05, 3.63) is 0 Å². The van der Waals surface area contributed by atoms with Crippen molar-refractivity contribution >= 4 is 24.5 Å². The van der Waals surface area contributed by atoms with Gasteiger partial charge < -0.3 is 0 Å². The van der Waals surface area contributed by atoms with Gasteiger partial charge >= 0.3 is 98.7 Å². The van der Waals surface area contributed by atoms with Crippen molar-refractivity contribution in [1.82, 2.24) is 0 Å². The van der Waals surface area contributed by atoms with Crippen molar-refractivity contribution in [2.45, 2.75) is 74.2 Å². The summed E-state index contributed by atoms with van der Waals surface area (Å²) in [6.07, 6.45) is 5.49. The molecule has 0 atom stereocenters. The molecule has 88 valence electrons. The Hall–Kier alpha value is 1.04. The SMILES string of the molecule is CCC[As](Br)(CCC)(CCC)CCC. The summed E-state index contributed by atoms with van der Waals surface area (Å²) < 4.78 is 0. The van der Waals surface area contributed by atoms with Gasteiger partial charge in [0.15, 0.2) is 0 Å². The van der Waals surface area contributed by atoms with Gasteiger partial charge in [-0.25, -0.2) is 0 Å². The number of hydrogen-bond donors (Lipinski definition) is 0. The standard InChI is InChI=1S/C12H28AsBr/c1-5-9-13(14,10-6-2,11-7-3)12-8-4/h5-12H2,1-4H3. The molecule has 0 aliphatic rings. The Morgan fingerprint density at radius 1 is 0.643 bits per heavy atom. The van der Waals surface area contributed by atoms with E-state index in [2.05, 4.69) is 41.6 Å². The number of hydrogen-bond acceptors (Lipinski definition) is 0. The van der Waals surface area contributed by atoms with E-state index in [0.29, 0.717) is 0 Å². The van der Waals surface area contributed by atoms with Gasteiger partial charge in [-0.1, -0.05) is 0 Å². The molecule has 0 saturated carbocycles. The summed E-state index contributed by atoms with van der Waals surface area (Å²) in [4.78, 5) is 0. The van der Waals surface area contributed by atoms with Crippen LogP contribution in [0.25, 0.3) is 0 Å². The monoisotopic (exact) mass is 326 g/mol. The first-order valence-corrected chi connectivity index (χ1v) is 16.0. The van der Waals surface area contributed by atoms with Crippen molar-refractivity contribution in [1.29, 1.82) is 0 Å². The summed E-state index contributed by atoms with van der Waals surface area (Å²) in [6.45, 7) is 9.40. The molecule has 0 rings (SSSR count). The normalized spacial score (nSPS) is 15.1. The zero-order valence-electron chi connectivity index (χ0n) is 10.5. The van der Waals surface area contributed by atoms with Gasteiger partial charge in [0.25, 0.3) is 0 Å². The molecule has 0 fully saturated rings. The number of halogens is 1. The van der Waals surface area contributed by atoms with Crippen LogP contribution in [0.15, 0.2) is 0 Å². The molecule has 0 aromatic carbocycles. The summed E-state index contributed by atoms with van der Waals surface area (Å²) in [6, 6.07) is 0. The second-order valence-corrected chi connectivity index (χ2v) is 26.5. The summed E-state index contributed by atoms with van der Waals surface area (Å²) in [5, 5.41) is 6.03. The summed E-state index contributed by atoms with van der Waals surface area (Å²) >= 11 is 4.31. The van der Waals surface area contributed by atoms with Gasteiger partial charge in [-0.3, -0.25) is 0 Å². The van der Waals surface area contributed by atoms with Gasteiger partial charge in [-0.15, -0.1) is 0 Å². The first kappa shape index (κ1) is 15.0. The second-order valence-electron chi connectivity index (χ2n) is 4.71. The molecule has 0 heterocycles. The second kappa shape index (κ2) is 6.58. The molecule has 0 spiro atoms. The predicted molar refractivity (Wildman–Crippen MR) is 75.1 cm³/mol. The van der Waals surface area contributed by atoms with Crippen molar-refractivity contribution in [3.8, 4) is 0 Å². The Labute approximate surface area is 98.4 Å². The fraction of sp³-hybridized carbons (Fsp3) is 1.00. The van der Waals surface area contributed by atoms with E-state index in [9.17, 15) is 0 Å². The molecule has 0 amide bonds. The minimum absolute atomic E-state index is 1.37. The molecule has 0 radical (unpaired) electrons. The average Bonchev–Trinajstić information content (AvgIpc) is 2.05.